The highest BCUT2D eigenvalue weighted by atomic mass is 16.7. The molecule has 10 nitrogen and oxygen atoms in total. The molecule has 0 saturated carbocycles. The lowest BCUT2D eigenvalue weighted by Crippen LogP contribution is -2.58. The van der Waals surface area contributed by atoms with Crippen LogP contribution in [-0.4, -0.2) is 92.6 Å². The van der Waals surface area contributed by atoms with E-state index in [4.69, 9.17) is 14.7 Å². The van der Waals surface area contributed by atoms with Crippen molar-refractivity contribution in [3.8, 4) is 0 Å². The largest absolute Gasteiger partial charge is 0.388 e. The number of hydrogen-bond acceptors (Lipinski definition) is 10. The van der Waals surface area contributed by atoms with Crippen molar-refractivity contribution in [1.29, 1.82) is 0 Å². The summed E-state index contributed by atoms with van der Waals surface area (Å²) >= 11 is 0. The molecule has 0 radical (unpaired) electrons. The molecule has 2 aliphatic rings. The van der Waals surface area contributed by atoms with E-state index in [0.717, 1.165) is 0 Å². The maximum atomic E-state index is 9.82. The molecule has 0 aromatic rings. The normalized spacial score (nSPS) is 45.9. The van der Waals surface area contributed by atoms with Gasteiger partial charge in [-0.05, 0) is 0 Å². The molecule has 10 heteroatoms. The Kier molecular flexibility index (Phi) is 4.88. The summed E-state index contributed by atoms with van der Waals surface area (Å²) in [5, 5.41) is 56.6. The van der Waals surface area contributed by atoms with Gasteiger partial charge < -0.3 is 35.0 Å². The Morgan fingerprint density at radius 3 is 2.45 bits per heavy atom. The second-order valence-corrected chi connectivity index (χ2v) is 4.70. The van der Waals surface area contributed by atoms with Crippen LogP contribution >= 0.6 is 0 Å². The lowest BCUT2D eigenvalue weighted by molar-refractivity contribution is -0.291. The SMILES string of the molecule is ONC1=NC[C@@H](O[C@@H]2OC[C@@H](O)[C@H](O)[C@H]2O)[C@H](O)[C@H]1O. The van der Waals surface area contributed by atoms with E-state index >= 15 is 0 Å². The monoisotopic (exact) mass is 294 g/mol. The molecular weight excluding hydrogens is 276 g/mol. The lowest BCUT2D eigenvalue weighted by atomic mass is 10.0. The molecule has 2 aliphatic heterocycles. The third kappa shape index (κ3) is 2.92. The molecule has 1 saturated heterocycles. The first-order chi connectivity index (χ1) is 9.45. The third-order valence-electron chi connectivity index (χ3n) is 3.30. The number of nitrogens with zero attached hydrogens (tertiary/aromatic N) is 1. The summed E-state index contributed by atoms with van der Waals surface area (Å²) in [5.41, 5.74) is 1.66. The van der Waals surface area contributed by atoms with Gasteiger partial charge >= 0.3 is 0 Å². The Morgan fingerprint density at radius 2 is 1.80 bits per heavy atom. The predicted octanol–water partition coefficient (Wildman–Crippen LogP) is -4.08. The minimum absolute atomic E-state index is 0.0909. The molecule has 7 atom stereocenters. The van der Waals surface area contributed by atoms with Crippen molar-refractivity contribution in [2.75, 3.05) is 13.2 Å². The second-order valence-electron chi connectivity index (χ2n) is 4.70. The standard InChI is InChI=1S/C10H18N2O8/c13-3-2-19-10(8(17)5(3)14)20-4-1-11-9(12-18)7(16)6(4)15/h3-8,10,13-18H,1-2H2,(H,11,12)/t3-,4-,5+,6+,7-,8-,10+/m1/s1. The minimum atomic E-state index is -1.50. The highest BCUT2D eigenvalue weighted by Gasteiger charge is 2.42. The van der Waals surface area contributed by atoms with Crippen LogP contribution in [0.4, 0.5) is 0 Å². The fraction of sp³-hybridized carbons (Fsp3) is 0.900. The first-order valence-electron chi connectivity index (χ1n) is 6.07. The van der Waals surface area contributed by atoms with Crippen LogP contribution in [0, 0.1) is 0 Å². The van der Waals surface area contributed by atoms with Gasteiger partial charge in [-0.1, -0.05) is 0 Å². The predicted molar refractivity (Wildman–Crippen MR) is 61.9 cm³/mol. The number of ether oxygens (including phenoxy) is 2. The second kappa shape index (κ2) is 6.28. The van der Waals surface area contributed by atoms with Crippen LogP contribution in [0.2, 0.25) is 0 Å². The van der Waals surface area contributed by atoms with Crippen LogP contribution < -0.4 is 5.48 Å². The van der Waals surface area contributed by atoms with Gasteiger partial charge in [0.15, 0.2) is 12.1 Å². The van der Waals surface area contributed by atoms with Crippen molar-refractivity contribution in [3.63, 3.8) is 0 Å². The molecular formula is C10H18N2O8. The summed E-state index contributed by atoms with van der Waals surface area (Å²) < 4.78 is 10.3. The summed E-state index contributed by atoms with van der Waals surface area (Å²) in [5.74, 6) is -0.196. The summed E-state index contributed by atoms with van der Waals surface area (Å²) in [4.78, 5) is 3.76. The molecule has 116 valence electrons. The van der Waals surface area contributed by atoms with E-state index in [2.05, 4.69) is 4.99 Å². The van der Waals surface area contributed by atoms with Crippen LogP contribution in [-0.2, 0) is 9.47 Å². The molecule has 0 spiro atoms. The average molecular weight is 294 g/mol. The smallest absolute Gasteiger partial charge is 0.186 e. The lowest BCUT2D eigenvalue weighted by Gasteiger charge is -2.38. The molecule has 7 N–H and O–H groups in total. The van der Waals surface area contributed by atoms with Gasteiger partial charge in [-0.15, -0.1) is 0 Å². The van der Waals surface area contributed by atoms with E-state index in [-0.39, 0.29) is 19.0 Å². The van der Waals surface area contributed by atoms with Crippen molar-refractivity contribution in [2.45, 2.75) is 42.9 Å². The van der Waals surface area contributed by atoms with Crippen LogP contribution in [0.25, 0.3) is 0 Å². The number of aliphatic hydroxyl groups is 5. The van der Waals surface area contributed by atoms with Crippen molar-refractivity contribution in [3.05, 3.63) is 0 Å². The van der Waals surface area contributed by atoms with Gasteiger partial charge in [-0.3, -0.25) is 15.7 Å². The number of aliphatic hydroxyl groups excluding tert-OH is 5. The van der Waals surface area contributed by atoms with E-state index in [1.54, 1.807) is 5.48 Å². The summed E-state index contributed by atoms with van der Waals surface area (Å²) in [6.45, 7) is -0.326. The first kappa shape index (κ1) is 15.5. The molecule has 0 unspecified atom stereocenters. The summed E-state index contributed by atoms with van der Waals surface area (Å²) in [6, 6.07) is 0. The average Bonchev–Trinajstić information content (AvgIpc) is 2.44. The number of aliphatic imine (C=N–C) groups is 1. The quantitative estimate of drug-likeness (QED) is 0.251. The highest BCUT2D eigenvalue weighted by molar-refractivity contribution is 5.86. The Labute approximate surface area is 113 Å². The summed E-state index contributed by atoms with van der Waals surface area (Å²) in [7, 11) is 0. The number of rotatable bonds is 2. The maximum absolute atomic E-state index is 9.82. The Bertz CT molecular complexity index is 367. The third-order valence-corrected chi connectivity index (χ3v) is 3.30. The molecule has 2 heterocycles. The van der Waals surface area contributed by atoms with E-state index in [1.165, 1.54) is 0 Å². The zero-order valence-corrected chi connectivity index (χ0v) is 10.4. The van der Waals surface area contributed by atoms with E-state index in [9.17, 15) is 25.5 Å². The molecule has 2 rings (SSSR count). The van der Waals surface area contributed by atoms with Crippen molar-refractivity contribution in [1.82, 2.24) is 5.48 Å². The molecule has 1 fully saturated rings. The maximum Gasteiger partial charge on any atom is 0.186 e. The van der Waals surface area contributed by atoms with Gasteiger partial charge in [0, 0.05) is 0 Å². The molecule has 20 heavy (non-hydrogen) atoms. The molecule has 0 aromatic heterocycles. The molecule has 0 aliphatic carbocycles. The van der Waals surface area contributed by atoms with Gasteiger partial charge in [-0.25, -0.2) is 0 Å². The zero-order valence-electron chi connectivity index (χ0n) is 10.4. The van der Waals surface area contributed by atoms with Gasteiger partial charge in [0.1, 0.15) is 36.6 Å². The van der Waals surface area contributed by atoms with Crippen molar-refractivity contribution in [2.24, 2.45) is 4.99 Å². The van der Waals surface area contributed by atoms with Gasteiger partial charge in [0.05, 0.1) is 13.2 Å². The van der Waals surface area contributed by atoms with Crippen LogP contribution in [0.5, 0.6) is 0 Å². The Morgan fingerprint density at radius 1 is 1.10 bits per heavy atom. The molecule has 0 bridgehead atoms. The topological polar surface area (TPSA) is 164 Å². The summed E-state index contributed by atoms with van der Waals surface area (Å²) in [6.07, 6.45) is -9.29. The molecule has 0 aromatic carbocycles. The van der Waals surface area contributed by atoms with E-state index < -0.39 is 42.9 Å². The Hall–Kier alpha value is -0.850. The van der Waals surface area contributed by atoms with Crippen LogP contribution in [0.1, 0.15) is 0 Å². The van der Waals surface area contributed by atoms with E-state index in [1.807, 2.05) is 0 Å². The van der Waals surface area contributed by atoms with Crippen LogP contribution in [0.15, 0.2) is 4.99 Å². The first-order valence-corrected chi connectivity index (χ1v) is 6.07. The van der Waals surface area contributed by atoms with Gasteiger partial charge in [0.25, 0.3) is 0 Å². The van der Waals surface area contributed by atoms with E-state index in [0.29, 0.717) is 0 Å². The fourth-order valence-corrected chi connectivity index (χ4v) is 2.05. The number of amidine groups is 1. The number of nitrogens with one attached hydrogen (secondary N) is 1. The van der Waals surface area contributed by atoms with Gasteiger partial charge in [-0.2, -0.15) is 0 Å². The van der Waals surface area contributed by atoms with Crippen molar-refractivity contribution < 1.29 is 40.2 Å². The van der Waals surface area contributed by atoms with Crippen molar-refractivity contribution >= 4 is 5.84 Å². The number of hydrogen-bond donors (Lipinski definition) is 7. The van der Waals surface area contributed by atoms with Gasteiger partial charge in [0.2, 0.25) is 0 Å². The molecule has 0 amide bonds. The fourth-order valence-electron chi connectivity index (χ4n) is 2.05. The highest BCUT2D eigenvalue weighted by Crippen LogP contribution is 2.21. The Balaban J connectivity index is 1.98. The zero-order chi connectivity index (χ0) is 14.9. The number of hydroxylamine groups is 1. The van der Waals surface area contributed by atoms with Crippen LogP contribution in [0.3, 0.4) is 0 Å². The minimum Gasteiger partial charge on any atom is -0.388 e.